The van der Waals surface area contributed by atoms with Crippen molar-refractivity contribution in [2.45, 2.75) is 20.4 Å². The zero-order chi connectivity index (χ0) is 19.0. The van der Waals surface area contributed by atoms with Crippen molar-refractivity contribution in [1.29, 1.82) is 0 Å². The van der Waals surface area contributed by atoms with Gasteiger partial charge in [-0.2, -0.15) is 4.98 Å². The van der Waals surface area contributed by atoms with Gasteiger partial charge < -0.3 is 9.88 Å². The second-order valence-electron chi connectivity index (χ2n) is 6.80. The average molecular weight is 376 g/mol. The van der Waals surface area contributed by atoms with Crippen molar-refractivity contribution in [1.82, 2.24) is 18.7 Å². The summed E-state index contributed by atoms with van der Waals surface area (Å²) in [5.41, 5.74) is 0.846. The summed E-state index contributed by atoms with van der Waals surface area (Å²) in [4.78, 5) is 30.1. The number of nitrogens with one attached hydrogen (secondary N) is 1. The number of rotatable bonds is 5. The van der Waals surface area contributed by atoms with Gasteiger partial charge in [-0.1, -0.05) is 37.6 Å². The van der Waals surface area contributed by atoms with Crippen LogP contribution in [0, 0.1) is 5.92 Å². The number of hydrogen-bond acceptors (Lipinski definition) is 4. The van der Waals surface area contributed by atoms with Gasteiger partial charge in [0.2, 0.25) is 5.95 Å². The highest BCUT2D eigenvalue weighted by molar-refractivity contribution is 6.30. The number of aromatic nitrogens is 4. The topological polar surface area (TPSA) is 73.8 Å². The third-order valence-electron chi connectivity index (χ3n) is 4.28. The number of nitrogens with zero attached hydrogens (tertiary/aromatic N) is 4. The first-order chi connectivity index (χ1) is 12.3. The van der Waals surface area contributed by atoms with Gasteiger partial charge in [0, 0.05) is 25.7 Å². The van der Waals surface area contributed by atoms with Gasteiger partial charge in [-0.25, -0.2) is 4.79 Å². The fraction of sp³-hybridized carbons (Fsp3) is 0.389. The molecule has 0 saturated heterocycles. The van der Waals surface area contributed by atoms with E-state index in [-0.39, 0.29) is 12.1 Å². The first-order valence-electron chi connectivity index (χ1n) is 8.44. The Kier molecular flexibility index (Phi) is 4.91. The predicted molar refractivity (Wildman–Crippen MR) is 104 cm³/mol. The normalized spacial score (nSPS) is 11.5. The molecule has 0 amide bonds. The molecule has 26 heavy (non-hydrogen) atoms. The molecule has 138 valence electrons. The SMILES string of the molecule is CC(C)CNc1nc2c(c(=O)n(Cc3ccc(Cl)cc3)c(=O)n2C)n1C. The number of benzene rings is 1. The van der Waals surface area contributed by atoms with Crippen molar-refractivity contribution < 1.29 is 0 Å². The lowest BCUT2D eigenvalue weighted by Crippen LogP contribution is -2.39. The Bertz CT molecular complexity index is 1060. The average Bonchev–Trinajstić information content (AvgIpc) is 2.93. The molecule has 3 rings (SSSR count). The van der Waals surface area contributed by atoms with E-state index in [1.807, 2.05) is 0 Å². The van der Waals surface area contributed by atoms with Crippen molar-refractivity contribution >= 4 is 28.7 Å². The molecule has 0 unspecified atom stereocenters. The predicted octanol–water partition coefficient (Wildman–Crippen LogP) is 2.20. The number of halogens is 1. The fourth-order valence-electron chi connectivity index (χ4n) is 2.81. The second kappa shape index (κ2) is 6.99. The third-order valence-corrected chi connectivity index (χ3v) is 4.53. The van der Waals surface area contributed by atoms with Crippen LogP contribution in [-0.4, -0.2) is 25.2 Å². The molecule has 0 aliphatic carbocycles. The minimum atomic E-state index is -0.397. The molecule has 0 radical (unpaired) electrons. The standard InChI is InChI=1S/C18H22ClN5O2/c1-11(2)9-20-17-21-15-14(22(17)3)16(25)24(18(26)23(15)4)10-12-5-7-13(19)8-6-12/h5-8,11H,9-10H2,1-4H3,(H,20,21). The molecule has 0 spiro atoms. The van der Waals surface area contributed by atoms with E-state index < -0.39 is 5.69 Å². The summed E-state index contributed by atoms with van der Waals surface area (Å²) in [5.74, 6) is 1.00. The Morgan fingerprint density at radius 1 is 1.12 bits per heavy atom. The Morgan fingerprint density at radius 3 is 2.38 bits per heavy atom. The van der Waals surface area contributed by atoms with Crippen molar-refractivity contribution in [3.05, 3.63) is 55.7 Å². The maximum absolute atomic E-state index is 13.0. The molecule has 2 aromatic heterocycles. The quantitative estimate of drug-likeness (QED) is 0.742. The van der Waals surface area contributed by atoms with E-state index in [4.69, 9.17) is 11.6 Å². The highest BCUT2D eigenvalue weighted by Crippen LogP contribution is 2.14. The molecule has 1 aromatic carbocycles. The Morgan fingerprint density at radius 2 is 1.77 bits per heavy atom. The number of imidazole rings is 1. The largest absolute Gasteiger partial charge is 0.355 e. The number of anilines is 1. The molecule has 0 aliphatic heterocycles. The lowest BCUT2D eigenvalue weighted by molar-refractivity contribution is 0.655. The van der Waals surface area contributed by atoms with Gasteiger partial charge in [-0.15, -0.1) is 0 Å². The van der Waals surface area contributed by atoms with E-state index in [1.165, 1.54) is 9.13 Å². The van der Waals surface area contributed by atoms with Gasteiger partial charge in [0.15, 0.2) is 11.2 Å². The van der Waals surface area contributed by atoms with E-state index in [2.05, 4.69) is 24.1 Å². The van der Waals surface area contributed by atoms with Crippen LogP contribution < -0.4 is 16.6 Å². The van der Waals surface area contributed by atoms with Gasteiger partial charge in [0.05, 0.1) is 6.54 Å². The second-order valence-corrected chi connectivity index (χ2v) is 7.24. The molecule has 8 heteroatoms. The molecule has 1 N–H and O–H groups in total. The molecular formula is C18H22ClN5O2. The summed E-state index contributed by atoms with van der Waals surface area (Å²) in [6, 6.07) is 7.08. The highest BCUT2D eigenvalue weighted by atomic mass is 35.5. The number of fused-ring (bicyclic) bond motifs is 1. The maximum atomic E-state index is 13.0. The van der Waals surface area contributed by atoms with E-state index in [0.29, 0.717) is 28.1 Å². The van der Waals surface area contributed by atoms with Crippen LogP contribution in [0.1, 0.15) is 19.4 Å². The van der Waals surface area contributed by atoms with E-state index in [9.17, 15) is 9.59 Å². The van der Waals surface area contributed by atoms with Gasteiger partial charge in [0.1, 0.15) is 0 Å². The first-order valence-corrected chi connectivity index (χ1v) is 8.82. The highest BCUT2D eigenvalue weighted by Gasteiger charge is 2.18. The molecule has 0 fully saturated rings. The third kappa shape index (κ3) is 3.26. The van der Waals surface area contributed by atoms with Crippen LogP contribution in [0.5, 0.6) is 0 Å². The summed E-state index contributed by atoms with van der Waals surface area (Å²) in [5, 5.41) is 3.83. The van der Waals surface area contributed by atoms with E-state index >= 15 is 0 Å². The Hall–Kier alpha value is -2.54. The van der Waals surface area contributed by atoms with Gasteiger partial charge >= 0.3 is 5.69 Å². The van der Waals surface area contributed by atoms with Crippen molar-refractivity contribution in [3.63, 3.8) is 0 Å². The number of hydrogen-bond donors (Lipinski definition) is 1. The molecule has 0 bridgehead atoms. The summed E-state index contributed by atoms with van der Waals surface area (Å²) in [6.45, 7) is 5.08. The minimum Gasteiger partial charge on any atom is -0.355 e. The summed E-state index contributed by atoms with van der Waals surface area (Å²) < 4.78 is 4.34. The molecule has 0 saturated carbocycles. The summed E-state index contributed by atoms with van der Waals surface area (Å²) in [7, 11) is 3.40. The van der Waals surface area contributed by atoms with Gasteiger partial charge in [-0.3, -0.25) is 13.9 Å². The Balaban J connectivity index is 2.13. The molecule has 0 atom stereocenters. The number of aryl methyl sites for hydroxylation is 2. The molecule has 2 heterocycles. The monoisotopic (exact) mass is 375 g/mol. The lowest BCUT2D eigenvalue weighted by Gasteiger charge is -2.09. The van der Waals surface area contributed by atoms with Crippen molar-refractivity contribution in [3.8, 4) is 0 Å². The zero-order valence-corrected chi connectivity index (χ0v) is 16.0. The first kappa shape index (κ1) is 18.3. The summed E-state index contributed by atoms with van der Waals surface area (Å²) in [6.07, 6.45) is 0. The van der Waals surface area contributed by atoms with Crippen LogP contribution in [0.25, 0.3) is 11.2 Å². The van der Waals surface area contributed by atoms with Crippen LogP contribution in [0.4, 0.5) is 5.95 Å². The van der Waals surface area contributed by atoms with Crippen LogP contribution in [-0.2, 0) is 20.6 Å². The Labute approximate surface area is 155 Å². The molecule has 3 aromatic rings. The lowest BCUT2D eigenvalue weighted by atomic mass is 10.2. The summed E-state index contributed by atoms with van der Waals surface area (Å²) >= 11 is 5.90. The van der Waals surface area contributed by atoms with Gasteiger partial charge in [-0.05, 0) is 23.6 Å². The van der Waals surface area contributed by atoms with Crippen LogP contribution >= 0.6 is 11.6 Å². The smallest absolute Gasteiger partial charge is 0.332 e. The molecule has 0 aliphatic rings. The van der Waals surface area contributed by atoms with Crippen molar-refractivity contribution in [2.24, 2.45) is 20.0 Å². The molecular weight excluding hydrogens is 354 g/mol. The van der Waals surface area contributed by atoms with E-state index in [0.717, 1.165) is 12.1 Å². The fourth-order valence-corrected chi connectivity index (χ4v) is 2.93. The van der Waals surface area contributed by atoms with Crippen LogP contribution in [0.2, 0.25) is 5.02 Å². The van der Waals surface area contributed by atoms with E-state index in [1.54, 1.807) is 42.9 Å². The maximum Gasteiger partial charge on any atom is 0.332 e. The van der Waals surface area contributed by atoms with Crippen molar-refractivity contribution in [2.75, 3.05) is 11.9 Å². The molecule has 7 nitrogen and oxygen atoms in total. The van der Waals surface area contributed by atoms with Crippen LogP contribution in [0.3, 0.4) is 0 Å². The van der Waals surface area contributed by atoms with Gasteiger partial charge in [0.25, 0.3) is 5.56 Å². The zero-order valence-electron chi connectivity index (χ0n) is 15.3. The minimum absolute atomic E-state index is 0.179. The van der Waals surface area contributed by atoms with Crippen LogP contribution in [0.15, 0.2) is 33.9 Å².